The Morgan fingerprint density at radius 2 is 2.13 bits per heavy atom. The largest absolute Gasteiger partial charge is 0.507 e. The van der Waals surface area contributed by atoms with Crippen LogP contribution in [0, 0.1) is 17.8 Å². The highest BCUT2D eigenvalue weighted by Crippen LogP contribution is 2.60. The summed E-state index contributed by atoms with van der Waals surface area (Å²) in [6, 6.07) is -0.677. The molecule has 1 fully saturated rings. The van der Waals surface area contributed by atoms with Gasteiger partial charge in [-0.1, -0.05) is 31.9 Å². The van der Waals surface area contributed by atoms with E-state index >= 15 is 0 Å². The van der Waals surface area contributed by atoms with Crippen molar-refractivity contribution >= 4 is 5.78 Å². The number of fused-ring (bicyclic) bond motifs is 1. The van der Waals surface area contributed by atoms with Gasteiger partial charge in [-0.05, 0) is 44.4 Å². The molecule has 30 heavy (non-hydrogen) atoms. The molecule has 0 spiro atoms. The van der Waals surface area contributed by atoms with E-state index in [4.69, 9.17) is 16.2 Å². The number of allylic oxidation sites excluding steroid dienone is 4. The van der Waals surface area contributed by atoms with E-state index in [2.05, 4.69) is 30.7 Å². The van der Waals surface area contributed by atoms with Crippen molar-refractivity contribution in [2.24, 2.45) is 17.4 Å². The molecule has 5 atom stereocenters. The summed E-state index contributed by atoms with van der Waals surface area (Å²) in [7, 11) is 0. The van der Waals surface area contributed by atoms with E-state index in [0.717, 1.165) is 6.08 Å². The topological polar surface area (TPSA) is 122 Å². The highest BCUT2D eigenvalue weighted by Gasteiger charge is 2.76. The van der Waals surface area contributed by atoms with Gasteiger partial charge >= 0.3 is 0 Å². The SMILES string of the molecule is C=CC(=O)C(C)=C(O)C(=C)/C=C(/N)C[C@H](C)[C@]12CC=C=CC#C[C@H](N)[C@]1([C@@H](C)O)O2. The molecule has 0 unspecified atom stereocenters. The molecule has 0 amide bonds. The molecular formula is C24H30N2O4. The smallest absolute Gasteiger partial charge is 0.184 e. The van der Waals surface area contributed by atoms with Crippen molar-refractivity contribution in [2.45, 2.75) is 57.0 Å². The van der Waals surface area contributed by atoms with Gasteiger partial charge in [-0.15, -0.1) is 5.73 Å². The number of rotatable bonds is 8. The summed E-state index contributed by atoms with van der Waals surface area (Å²) in [5.41, 5.74) is 14.5. The number of aliphatic hydroxyl groups excluding tert-OH is 2. The monoisotopic (exact) mass is 410 g/mol. The van der Waals surface area contributed by atoms with Crippen molar-refractivity contribution in [3.63, 3.8) is 0 Å². The molecule has 1 aliphatic carbocycles. The molecule has 1 heterocycles. The molecule has 0 aromatic heterocycles. The standard InChI is InChI=1S/C24H30N2O4/c1-6-20(28)17(4)22(29)15(2)13-19(25)14-16(3)23-12-10-8-7-9-11-21(26)24(23,30-23)18(5)27/h6-7,10,13,16,18,21,27,29H,1-2,12,14,25-26H2,3-5H3/b19-13+,22-17?/t8?,16-,18+,21-,23+,24-/m0/s1. The van der Waals surface area contributed by atoms with Crippen LogP contribution in [0.1, 0.15) is 33.6 Å². The first-order chi connectivity index (χ1) is 14.0. The predicted molar refractivity (Wildman–Crippen MR) is 117 cm³/mol. The van der Waals surface area contributed by atoms with Crippen molar-refractivity contribution in [2.75, 3.05) is 0 Å². The highest BCUT2D eigenvalue weighted by molar-refractivity contribution is 6.03. The van der Waals surface area contributed by atoms with Gasteiger partial charge in [0.25, 0.3) is 0 Å². The van der Waals surface area contributed by atoms with Crippen LogP contribution in [0.3, 0.4) is 0 Å². The quantitative estimate of drug-likeness (QED) is 0.122. The molecule has 6 N–H and O–H groups in total. The number of carbonyl (C=O) groups excluding carboxylic acids is 1. The van der Waals surface area contributed by atoms with Gasteiger partial charge in [-0.3, -0.25) is 4.79 Å². The van der Waals surface area contributed by atoms with Crippen LogP contribution in [0.5, 0.6) is 0 Å². The number of carbonyl (C=O) groups is 1. The average Bonchev–Trinajstić information content (AvgIpc) is 3.39. The summed E-state index contributed by atoms with van der Waals surface area (Å²) in [6.45, 7) is 12.3. The number of hydrogen-bond donors (Lipinski definition) is 4. The zero-order valence-electron chi connectivity index (χ0n) is 17.7. The Balaban J connectivity index is 2.29. The van der Waals surface area contributed by atoms with E-state index in [1.165, 1.54) is 13.0 Å². The van der Waals surface area contributed by atoms with Gasteiger partial charge in [-0.25, -0.2) is 0 Å². The third kappa shape index (κ3) is 4.07. The molecule has 0 aromatic rings. The van der Waals surface area contributed by atoms with Crippen LogP contribution in [0.4, 0.5) is 0 Å². The molecule has 6 nitrogen and oxygen atoms in total. The molecule has 1 aliphatic heterocycles. The molecule has 0 radical (unpaired) electrons. The maximum Gasteiger partial charge on any atom is 0.184 e. The Labute approximate surface area is 178 Å². The predicted octanol–water partition coefficient (Wildman–Crippen LogP) is 2.33. The van der Waals surface area contributed by atoms with Crippen molar-refractivity contribution in [3.8, 4) is 11.8 Å². The van der Waals surface area contributed by atoms with E-state index in [0.29, 0.717) is 18.5 Å². The second kappa shape index (κ2) is 8.91. The minimum absolute atomic E-state index is 0.137. The lowest BCUT2D eigenvalue weighted by Crippen LogP contribution is -2.51. The van der Waals surface area contributed by atoms with Crippen molar-refractivity contribution in [1.82, 2.24) is 0 Å². The highest BCUT2D eigenvalue weighted by atomic mass is 16.6. The zero-order valence-corrected chi connectivity index (χ0v) is 17.7. The number of ketones is 1. The molecule has 6 heteroatoms. The van der Waals surface area contributed by atoms with E-state index < -0.39 is 23.3 Å². The third-order valence-corrected chi connectivity index (χ3v) is 5.88. The number of aliphatic hydroxyl groups is 2. The summed E-state index contributed by atoms with van der Waals surface area (Å²) in [5.74, 6) is 4.98. The second-order valence-corrected chi connectivity index (χ2v) is 7.84. The minimum Gasteiger partial charge on any atom is -0.507 e. The average molecular weight is 411 g/mol. The van der Waals surface area contributed by atoms with Crippen molar-refractivity contribution < 1.29 is 19.7 Å². The van der Waals surface area contributed by atoms with E-state index in [9.17, 15) is 15.0 Å². The molecule has 0 bridgehead atoms. The zero-order chi connectivity index (χ0) is 22.7. The van der Waals surface area contributed by atoms with Crippen LogP contribution >= 0.6 is 0 Å². The summed E-state index contributed by atoms with van der Waals surface area (Å²) in [6.07, 6.45) is 6.11. The maximum absolute atomic E-state index is 11.7. The van der Waals surface area contributed by atoms with Crippen LogP contribution in [0.2, 0.25) is 0 Å². The Hall–Kier alpha value is -2.81. The minimum atomic E-state index is -1.01. The van der Waals surface area contributed by atoms with Crippen LogP contribution < -0.4 is 11.5 Å². The van der Waals surface area contributed by atoms with Gasteiger partial charge in [0.05, 0.1) is 6.10 Å². The van der Waals surface area contributed by atoms with E-state index in [-0.39, 0.29) is 28.6 Å². The van der Waals surface area contributed by atoms with Crippen LogP contribution in [-0.2, 0) is 9.53 Å². The number of ether oxygens (including phenoxy) is 1. The van der Waals surface area contributed by atoms with Crippen LogP contribution in [-0.4, -0.2) is 39.3 Å². The first-order valence-electron chi connectivity index (χ1n) is 9.79. The molecular weight excluding hydrogens is 380 g/mol. The number of hydrogen-bond acceptors (Lipinski definition) is 6. The Bertz CT molecular complexity index is 940. The van der Waals surface area contributed by atoms with Gasteiger partial charge in [0, 0.05) is 29.3 Å². The fourth-order valence-corrected chi connectivity index (χ4v) is 4.12. The van der Waals surface area contributed by atoms with Gasteiger partial charge < -0.3 is 26.4 Å². The van der Waals surface area contributed by atoms with Crippen molar-refractivity contribution in [3.05, 3.63) is 65.8 Å². The lowest BCUT2D eigenvalue weighted by Gasteiger charge is -2.28. The maximum atomic E-state index is 11.7. The summed E-state index contributed by atoms with van der Waals surface area (Å²) in [4.78, 5) is 11.7. The van der Waals surface area contributed by atoms with E-state index in [1.807, 2.05) is 13.0 Å². The van der Waals surface area contributed by atoms with E-state index in [1.54, 1.807) is 13.0 Å². The third-order valence-electron chi connectivity index (χ3n) is 5.88. The summed E-state index contributed by atoms with van der Waals surface area (Å²) in [5, 5.41) is 20.7. The summed E-state index contributed by atoms with van der Waals surface area (Å²) < 4.78 is 6.16. The lowest BCUT2D eigenvalue weighted by molar-refractivity contribution is -0.111. The summed E-state index contributed by atoms with van der Waals surface area (Å²) >= 11 is 0. The fourth-order valence-electron chi connectivity index (χ4n) is 4.12. The number of nitrogens with two attached hydrogens (primary N) is 2. The normalized spacial score (nSPS) is 30.3. The molecule has 160 valence electrons. The first-order valence-corrected chi connectivity index (χ1v) is 9.79. The van der Waals surface area contributed by atoms with Crippen LogP contribution in [0.15, 0.2) is 65.8 Å². The molecule has 2 aliphatic rings. The van der Waals surface area contributed by atoms with Gasteiger partial charge in [-0.2, -0.15) is 0 Å². The fraction of sp³-hybridized carbons (Fsp3) is 0.417. The molecule has 2 rings (SSSR count). The molecule has 0 aromatic carbocycles. The molecule has 0 saturated carbocycles. The van der Waals surface area contributed by atoms with Crippen LogP contribution in [0.25, 0.3) is 0 Å². The van der Waals surface area contributed by atoms with Gasteiger partial charge in [0.2, 0.25) is 0 Å². The Morgan fingerprint density at radius 1 is 1.47 bits per heavy atom. The van der Waals surface area contributed by atoms with Gasteiger partial charge in [0.15, 0.2) is 11.4 Å². The first kappa shape index (κ1) is 23.5. The second-order valence-electron chi connectivity index (χ2n) is 7.84. The Morgan fingerprint density at radius 3 is 2.73 bits per heavy atom. The molecule has 1 saturated heterocycles. The van der Waals surface area contributed by atoms with Crippen molar-refractivity contribution in [1.29, 1.82) is 0 Å². The van der Waals surface area contributed by atoms with Gasteiger partial charge in [0.1, 0.15) is 17.4 Å². The Kier molecular flexibility index (Phi) is 6.97. The lowest BCUT2D eigenvalue weighted by atomic mass is 9.73. The number of epoxide rings is 1.